The molecule has 0 atom stereocenters. The van der Waals surface area contributed by atoms with Crippen LogP contribution >= 0.6 is 0 Å². The number of nitrogens with zero attached hydrogens (tertiary/aromatic N) is 6. The van der Waals surface area contributed by atoms with Gasteiger partial charge in [0.15, 0.2) is 0 Å². The van der Waals surface area contributed by atoms with Crippen molar-refractivity contribution in [2.24, 2.45) is 10.2 Å². The van der Waals surface area contributed by atoms with Gasteiger partial charge in [-0.25, -0.2) is 8.42 Å². The van der Waals surface area contributed by atoms with E-state index in [2.05, 4.69) is 26.1 Å². The topological polar surface area (TPSA) is 155 Å². The van der Waals surface area contributed by atoms with Crippen LogP contribution in [0.2, 0.25) is 0 Å². The average Bonchev–Trinajstić information content (AvgIpc) is 2.54. The molecule has 0 unspecified atom stereocenters. The Bertz CT molecular complexity index is 996. The summed E-state index contributed by atoms with van der Waals surface area (Å²) in [6.07, 6.45) is 2.96. The van der Waals surface area contributed by atoms with Crippen LogP contribution in [0.4, 0.5) is 11.4 Å². The summed E-state index contributed by atoms with van der Waals surface area (Å²) in [5.41, 5.74) is 17.8. The van der Waals surface area contributed by atoms with Gasteiger partial charge in [0.25, 0.3) is 0 Å². The van der Waals surface area contributed by atoms with Gasteiger partial charge in [-0.15, -0.1) is 35.5 Å². The Morgan fingerprint density at radius 1 is 1.00 bits per heavy atom. The fraction of sp³-hybridized carbons (Fsp3) is 0. The molecule has 2 aromatic rings. The first kappa shape index (κ1) is 24.7. The van der Waals surface area contributed by atoms with Gasteiger partial charge in [0.2, 0.25) is 0 Å². The van der Waals surface area contributed by atoms with E-state index < -0.39 is 15.0 Å². The van der Waals surface area contributed by atoms with E-state index in [0.29, 0.717) is 11.3 Å². The van der Waals surface area contributed by atoms with E-state index in [-0.39, 0.29) is 70.4 Å². The van der Waals surface area contributed by atoms with Crippen molar-refractivity contribution in [3.8, 4) is 0 Å². The van der Waals surface area contributed by atoms with Crippen LogP contribution < -0.4 is 59.1 Å². The van der Waals surface area contributed by atoms with E-state index in [1.165, 1.54) is 30.4 Å². The molecule has 0 saturated carbocycles. The van der Waals surface area contributed by atoms with Crippen LogP contribution in [0, 0.1) is 6.07 Å². The third-order valence-electron chi connectivity index (χ3n) is 2.85. The van der Waals surface area contributed by atoms with Crippen LogP contribution in [0.3, 0.4) is 0 Å². The maximum atomic E-state index is 11.4. The minimum Gasteiger partial charge on any atom is -0.744 e. The molecule has 0 bridgehead atoms. The second-order valence-electron chi connectivity index (χ2n) is 4.39. The Morgan fingerprint density at radius 2 is 1.62 bits per heavy atom. The predicted octanol–water partition coefficient (Wildman–Crippen LogP) is -1.55. The first-order valence-corrected chi connectivity index (χ1v) is 7.75. The molecule has 26 heavy (non-hydrogen) atoms. The van der Waals surface area contributed by atoms with Gasteiger partial charge in [-0.1, -0.05) is 23.3 Å². The zero-order chi connectivity index (χ0) is 17.6. The normalized spacial score (nSPS) is 10.0. The Hall–Kier alpha value is -1.29. The number of rotatable bonds is 5. The van der Waals surface area contributed by atoms with Crippen molar-refractivity contribution in [3.05, 3.63) is 74.5 Å². The van der Waals surface area contributed by atoms with Gasteiger partial charge in [0.05, 0.1) is 4.90 Å². The van der Waals surface area contributed by atoms with Crippen LogP contribution in [0.15, 0.2) is 51.5 Å². The number of hydrogen-bond acceptors (Lipinski definition) is 5. The molecule has 0 aliphatic heterocycles. The molecular weight excluding hydrogens is 378 g/mol. The largest absolute Gasteiger partial charge is 1.00 e. The van der Waals surface area contributed by atoms with Crippen LogP contribution in [0.5, 0.6) is 0 Å². The van der Waals surface area contributed by atoms with Gasteiger partial charge < -0.3 is 4.55 Å². The maximum absolute atomic E-state index is 11.4. The average molecular weight is 386 g/mol. The second kappa shape index (κ2) is 11.4. The Labute approximate surface area is 193 Å². The van der Waals surface area contributed by atoms with E-state index in [9.17, 15) is 13.0 Å². The number of hydrogen-bond donors (Lipinski definition) is 0. The molecule has 0 aliphatic carbocycles. The monoisotopic (exact) mass is 386 g/mol. The summed E-state index contributed by atoms with van der Waals surface area (Å²) in [4.78, 5) is 4.70. The Morgan fingerprint density at radius 3 is 2.15 bits per heavy atom. The molecule has 2 aromatic carbocycles. The molecule has 0 N–H and O–H groups in total. The molecular formula is C14H8N6Na2O3S. The molecule has 120 valence electrons. The van der Waals surface area contributed by atoms with E-state index in [1.54, 1.807) is 12.1 Å². The number of benzene rings is 2. The van der Waals surface area contributed by atoms with Gasteiger partial charge in [-0.2, -0.15) is 5.56 Å². The van der Waals surface area contributed by atoms with Crippen LogP contribution in [-0.2, 0) is 10.1 Å². The van der Waals surface area contributed by atoms with Crippen molar-refractivity contribution in [2.75, 3.05) is 0 Å². The minimum absolute atomic E-state index is 0. The predicted molar refractivity (Wildman–Crippen MR) is 86.2 cm³/mol. The molecule has 9 nitrogen and oxygen atoms in total. The van der Waals surface area contributed by atoms with Crippen molar-refractivity contribution in [1.82, 2.24) is 0 Å². The summed E-state index contributed by atoms with van der Waals surface area (Å²) in [5.74, 6) is 0. The summed E-state index contributed by atoms with van der Waals surface area (Å²) in [6.45, 7) is 0. The molecule has 2 rings (SSSR count). The summed E-state index contributed by atoms with van der Waals surface area (Å²) in [7, 11) is -4.74. The number of azide groups is 2. The standard InChI is InChI=1S/C14H9N6O3S.2Na/c15-19-17-12-6-2-10(3-7-12)1-4-11-5-8-13(18-20-16)9-14(11)24(21,22)23;;/h1-2,4-9H,(H,21,22,23);;/q-1;2*+1/p-1. The fourth-order valence-electron chi connectivity index (χ4n) is 1.82. The van der Waals surface area contributed by atoms with Gasteiger partial charge in [-0.05, 0) is 33.3 Å². The minimum atomic E-state index is -4.74. The molecule has 0 amide bonds. The fourth-order valence-corrected chi connectivity index (χ4v) is 2.51. The van der Waals surface area contributed by atoms with Crippen molar-refractivity contribution < 1.29 is 72.1 Å². The molecule has 12 heteroatoms. The molecule has 0 heterocycles. The van der Waals surface area contributed by atoms with Gasteiger partial charge >= 0.3 is 59.1 Å². The summed E-state index contributed by atoms with van der Waals surface area (Å²) < 4.78 is 34.1. The second-order valence-corrected chi connectivity index (χ2v) is 5.74. The third kappa shape index (κ3) is 7.14. The van der Waals surface area contributed by atoms with E-state index in [0.717, 1.165) is 6.07 Å². The molecule has 0 radical (unpaired) electrons. The van der Waals surface area contributed by atoms with Crippen molar-refractivity contribution in [1.29, 1.82) is 0 Å². The van der Waals surface area contributed by atoms with Crippen molar-refractivity contribution in [2.45, 2.75) is 4.90 Å². The first-order valence-electron chi connectivity index (χ1n) is 6.34. The molecule has 0 aliphatic rings. The molecule has 0 fully saturated rings. The van der Waals surface area contributed by atoms with Gasteiger partial charge in [0.1, 0.15) is 10.1 Å². The third-order valence-corrected chi connectivity index (χ3v) is 3.74. The molecule has 0 spiro atoms. The van der Waals surface area contributed by atoms with Gasteiger partial charge in [-0.3, -0.25) is 0 Å². The van der Waals surface area contributed by atoms with Crippen LogP contribution in [0.25, 0.3) is 33.0 Å². The van der Waals surface area contributed by atoms with Crippen LogP contribution in [0.1, 0.15) is 11.1 Å². The molecule has 0 aromatic heterocycles. The molecule has 0 saturated heterocycles. The maximum Gasteiger partial charge on any atom is 1.00 e. The Kier molecular flexibility index (Phi) is 10.9. The van der Waals surface area contributed by atoms with Gasteiger partial charge in [0, 0.05) is 10.6 Å². The zero-order valence-electron chi connectivity index (χ0n) is 13.9. The van der Waals surface area contributed by atoms with E-state index >= 15 is 0 Å². The summed E-state index contributed by atoms with van der Waals surface area (Å²) in [5, 5.41) is 6.68. The summed E-state index contributed by atoms with van der Waals surface area (Å²) >= 11 is 0. The van der Waals surface area contributed by atoms with Crippen molar-refractivity contribution >= 4 is 33.6 Å². The van der Waals surface area contributed by atoms with E-state index in [4.69, 9.17) is 11.1 Å². The smallest absolute Gasteiger partial charge is 0.744 e. The van der Waals surface area contributed by atoms with E-state index in [1.807, 2.05) is 0 Å². The Balaban J connectivity index is 0.00000312. The van der Waals surface area contributed by atoms with Crippen molar-refractivity contribution in [3.63, 3.8) is 0 Å². The quantitative estimate of drug-likeness (QED) is 0.116. The van der Waals surface area contributed by atoms with Crippen LogP contribution in [-0.4, -0.2) is 13.0 Å². The summed E-state index contributed by atoms with van der Waals surface area (Å²) in [6, 6.07) is 11.2. The zero-order valence-corrected chi connectivity index (χ0v) is 18.8. The first-order chi connectivity index (χ1) is 11.4. The SMILES string of the molecule is [N-]=[N+]=Nc1c[c-]c(C=Cc2ccc(N=[N+]=[N-])cc2S(=O)(=O)[O-])cc1.[Na+].[Na+].